The lowest BCUT2D eigenvalue weighted by Crippen LogP contribution is -2.44. The average molecular weight is 441 g/mol. The number of rotatable bonds is 4. The molecule has 0 atom stereocenters. The number of nitrogens with one attached hydrogen (secondary N) is 1. The number of pyridine rings is 1. The van der Waals surface area contributed by atoms with Crippen molar-refractivity contribution in [3.63, 3.8) is 0 Å². The molecule has 1 aromatic heterocycles. The third kappa shape index (κ3) is 4.78. The lowest BCUT2D eigenvalue weighted by atomic mass is 10.1. The van der Waals surface area contributed by atoms with Crippen molar-refractivity contribution in [1.29, 1.82) is 0 Å². The van der Waals surface area contributed by atoms with E-state index in [1.807, 2.05) is 24.3 Å². The van der Waals surface area contributed by atoms with Crippen LogP contribution in [0.15, 0.2) is 54.7 Å². The Bertz CT molecular complexity index is 1080. The Balaban J connectivity index is 0.00000272. The Labute approximate surface area is 187 Å². The Morgan fingerprint density at radius 2 is 1.71 bits per heavy atom. The Morgan fingerprint density at radius 1 is 1.00 bits per heavy atom. The molecule has 1 saturated heterocycles. The van der Waals surface area contributed by atoms with Crippen molar-refractivity contribution in [2.45, 2.75) is 0 Å². The first-order valence-electron chi connectivity index (χ1n) is 9.88. The zero-order valence-electron chi connectivity index (χ0n) is 17.5. The smallest absolute Gasteiger partial charge is 0.338 e. The average Bonchev–Trinajstić information content (AvgIpc) is 2.79. The molecular weight excluding hydrogens is 416 g/mol. The van der Waals surface area contributed by atoms with Gasteiger partial charge in [-0.3, -0.25) is 9.78 Å². The van der Waals surface area contributed by atoms with E-state index in [-0.39, 0.29) is 18.3 Å². The molecule has 31 heavy (non-hydrogen) atoms. The number of benzene rings is 2. The van der Waals surface area contributed by atoms with Crippen LogP contribution in [0, 0.1) is 0 Å². The van der Waals surface area contributed by atoms with Crippen molar-refractivity contribution in [3.05, 3.63) is 65.9 Å². The minimum atomic E-state index is -0.439. The van der Waals surface area contributed by atoms with Gasteiger partial charge in [0.15, 0.2) is 0 Å². The number of nitrogens with zero attached hydrogens (tertiary/aromatic N) is 3. The first-order valence-corrected chi connectivity index (χ1v) is 9.88. The summed E-state index contributed by atoms with van der Waals surface area (Å²) < 4.78 is 4.84. The summed E-state index contributed by atoms with van der Waals surface area (Å²) in [5.41, 5.74) is 3.19. The van der Waals surface area contributed by atoms with Crippen LogP contribution in [0.25, 0.3) is 10.9 Å². The molecule has 0 saturated carbocycles. The van der Waals surface area contributed by atoms with Crippen LogP contribution in [-0.4, -0.2) is 62.1 Å². The second kappa shape index (κ2) is 9.76. The molecular formula is C23H25ClN4O3. The summed E-state index contributed by atoms with van der Waals surface area (Å²) in [5.74, 6) is -0.664. The molecule has 2 aromatic carbocycles. The maximum absolute atomic E-state index is 12.8. The summed E-state index contributed by atoms with van der Waals surface area (Å²) in [4.78, 5) is 33.8. The number of fused-ring (bicyclic) bond motifs is 1. The van der Waals surface area contributed by atoms with Gasteiger partial charge in [0.05, 0.1) is 23.9 Å². The summed E-state index contributed by atoms with van der Waals surface area (Å²) in [6.07, 6.45) is 1.63. The van der Waals surface area contributed by atoms with Crippen molar-refractivity contribution in [1.82, 2.24) is 9.88 Å². The van der Waals surface area contributed by atoms with Crippen molar-refractivity contribution >= 4 is 46.6 Å². The highest BCUT2D eigenvalue weighted by molar-refractivity contribution is 6.12. The van der Waals surface area contributed by atoms with E-state index in [1.165, 1.54) is 7.11 Å². The number of halogens is 1. The van der Waals surface area contributed by atoms with Crippen LogP contribution in [0.2, 0.25) is 0 Å². The summed E-state index contributed by atoms with van der Waals surface area (Å²) >= 11 is 0. The lowest BCUT2D eigenvalue weighted by molar-refractivity contribution is 0.0603. The highest BCUT2D eigenvalue weighted by atomic mass is 35.5. The highest BCUT2D eigenvalue weighted by Gasteiger charge is 2.17. The van der Waals surface area contributed by atoms with Crippen molar-refractivity contribution in [2.24, 2.45) is 0 Å². The van der Waals surface area contributed by atoms with Crippen LogP contribution < -0.4 is 10.2 Å². The van der Waals surface area contributed by atoms with Gasteiger partial charge in [-0.15, -0.1) is 12.4 Å². The first kappa shape index (κ1) is 22.5. The molecule has 0 radical (unpaired) electrons. The molecule has 7 nitrogen and oxygen atoms in total. The van der Waals surface area contributed by atoms with Gasteiger partial charge < -0.3 is 19.9 Å². The molecule has 162 valence electrons. The standard InChI is InChI=1S/C23H24N4O3.ClH/c1-26-12-14-27(15-13-26)17-7-5-16(6-8-17)22(28)25-20-10-9-19(23(29)30-2)18-4-3-11-24-21(18)20;/h3-11H,12-15H2,1-2H3,(H,25,28);1H. The molecule has 3 aromatic rings. The monoisotopic (exact) mass is 440 g/mol. The van der Waals surface area contributed by atoms with Crippen molar-refractivity contribution in [3.8, 4) is 0 Å². The number of piperazine rings is 1. The Morgan fingerprint density at radius 3 is 2.39 bits per heavy atom. The molecule has 1 fully saturated rings. The van der Waals surface area contributed by atoms with Gasteiger partial charge in [-0.1, -0.05) is 6.07 Å². The number of anilines is 2. The second-order valence-electron chi connectivity index (χ2n) is 7.34. The number of hydrogen-bond acceptors (Lipinski definition) is 6. The van der Waals surface area contributed by atoms with E-state index >= 15 is 0 Å². The van der Waals surface area contributed by atoms with Gasteiger partial charge in [-0.2, -0.15) is 0 Å². The minimum absolute atomic E-state index is 0. The number of hydrogen-bond donors (Lipinski definition) is 1. The summed E-state index contributed by atoms with van der Waals surface area (Å²) in [5, 5.41) is 3.55. The highest BCUT2D eigenvalue weighted by Crippen LogP contribution is 2.26. The maximum Gasteiger partial charge on any atom is 0.338 e. The van der Waals surface area contributed by atoms with Gasteiger partial charge in [-0.05, 0) is 49.5 Å². The van der Waals surface area contributed by atoms with E-state index in [0.717, 1.165) is 31.9 Å². The number of amides is 1. The third-order valence-electron chi connectivity index (χ3n) is 5.42. The predicted octanol–water partition coefficient (Wildman–Crippen LogP) is 3.45. The number of aromatic nitrogens is 1. The fourth-order valence-corrected chi connectivity index (χ4v) is 3.64. The molecule has 0 bridgehead atoms. The fraction of sp³-hybridized carbons (Fsp3) is 0.261. The van der Waals surface area contributed by atoms with E-state index < -0.39 is 5.97 Å². The quantitative estimate of drug-likeness (QED) is 0.626. The maximum atomic E-state index is 12.8. The molecule has 2 heterocycles. The van der Waals surface area contributed by atoms with Crippen LogP contribution in [0.3, 0.4) is 0 Å². The lowest BCUT2D eigenvalue weighted by Gasteiger charge is -2.34. The molecule has 1 N–H and O–H groups in total. The molecule has 1 aliphatic heterocycles. The number of carbonyl (C=O) groups is 2. The van der Waals surface area contributed by atoms with Gasteiger partial charge >= 0.3 is 5.97 Å². The second-order valence-corrected chi connectivity index (χ2v) is 7.34. The predicted molar refractivity (Wildman–Crippen MR) is 124 cm³/mol. The Kier molecular flexibility index (Phi) is 7.09. The molecule has 1 aliphatic rings. The topological polar surface area (TPSA) is 74.8 Å². The molecule has 0 unspecified atom stereocenters. The third-order valence-corrected chi connectivity index (χ3v) is 5.42. The molecule has 0 spiro atoms. The van der Waals surface area contributed by atoms with Crippen LogP contribution in [0.5, 0.6) is 0 Å². The van der Waals surface area contributed by atoms with Crippen LogP contribution in [0.4, 0.5) is 11.4 Å². The zero-order chi connectivity index (χ0) is 21.1. The number of ether oxygens (including phenoxy) is 1. The largest absolute Gasteiger partial charge is 0.465 e. The van der Waals surface area contributed by atoms with Gasteiger partial charge in [-0.25, -0.2) is 4.79 Å². The molecule has 8 heteroatoms. The van der Waals surface area contributed by atoms with E-state index in [1.54, 1.807) is 30.5 Å². The van der Waals surface area contributed by atoms with Crippen LogP contribution in [-0.2, 0) is 4.74 Å². The Hall–Kier alpha value is -3.16. The van der Waals surface area contributed by atoms with E-state index in [4.69, 9.17) is 4.74 Å². The van der Waals surface area contributed by atoms with Gasteiger partial charge in [0.2, 0.25) is 0 Å². The van der Waals surface area contributed by atoms with E-state index in [2.05, 4.69) is 27.1 Å². The summed E-state index contributed by atoms with van der Waals surface area (Å²) in [7, 11) is 3.47. The van der Waals surface area contributed by atoms with Crippen molar-refractivity contribution < 1.29 is 14.3 Å². The molecule has 4 rings (SSSR count). The molecule has 1 amide bonds. The van der Waals surface area contributed by atoms with Gasteiger partial charge in [0.25, 0.3) is 5.91 Å². The molecule has 0 aliphatic carbocycles. The zero-order valence-corrected chi connectivity index (χ0v) is 18.3. The number of carbonyl (C=O) groups excluding carboxylic acids is 2. The van der Waals surface area contributed by atoms with Gasteiger partial charge in [0, 0.05) is 49.0 Å². The van der Waals surface area contributed by atoms with Gasteiger partial charge in [0.1, 0.15) is 0 Å². The van der Waals surface area contributed by atoms with E-state index in [9.17, 15) is 9.59 Å². The fourth-order valence-electron chi connectivity index (χ4n) is 3.64. The first-order chi connectivity index (χ1) is 14.6. The summed E-state index contributed by atoms with van der Waals surface area (Å²) in [6, 6.07) is 14.5. The van der Waals surface area contributed by atoms with Crippen LogP contribution >= 0.6 is 12.4 Å². The van der Waals surface area contributed by atoms with Crippen LogP contribution in [0.1, 0.15) is 20.7 Å². The van der Waals surface area contributed by atoms with Crippen molar-refractivity contribution in [2.75, 3.05) is 50.6 Å². The number of esters is 1. The number of methoxy groups -OCH3 is 1. The minimum Gasteiger partial charge on any atom is -0.465 e. The number of likely N-dealkylation sites (N-methyl/N-ethyl adjacent to an activating group) is 1. The normalized spacial score (nSPS) is 14.1. The summed E-state index contributed by atoms with van der Waals surface area (Å²) in [6.45, 7) is 4.02. The van der Waals surface area contributed by atoms with E-state index in [0.29, 0.717) is 27.7 Å². The SMILES string of the molecule is COC(=O)c1ccc(NC(=O)c2ccc(N3CCN(C)CC3)cc2)c2ncccc12.Cl.